The van der Waals surface area contributed by atoms with Crippen LogP contribution in [0.3, 0.4) is 0 Å². The first kappa shape index (κ1) is 8.97. The Hall–Kier alpha value is -0.610. The molecule has 2 fully saturated rings. The minimum absolute atomic E-state index is 0.132. The maximum absolute atomic E-state index is 11.1. The number of piperazine rings is 1. The SMILES string of the molecule is CC1NC2CCC(=O)NC2NC1C. The first-order valence-corrected chi connectivity index (χ1v) is 4.98. The maximum Gasteiger partial charge on any atom is 0.221 e. The highest BCUT2D eigenvalue weighted by Gasteiger charge is 2.35. The molecule has 2 aliphatic rings. The van der Waals surface area contributed by atoms with Gasteiger partial charge in [0.25, 0.3) is 0 Å². The standard InChI is InChI=1S/C9H17N3O/c1-5-6(2)11-9-7(10-5)3-4-8(13)12-9/h5-7,9-11H,3-4H2,1-2H3,(H,12,13). The van der Waals surface area contributed by atoms with Crippen LogP contribution in [-0.2, 0) is 4.79 Å². The van der Waals surface area contributed by atoms with Crippen LogP contribution in [0.5, 0.6) is 0 Å². The van der Waals surface area contributed by atoms with Crippen molar-refractivity contribution in [3.63, 3.8) is 0 Å². The zero-order chi connectivity index (χ0) is 9.42. The molecule has 3 N–H and O–H groups in total. The van der Waals surface area contributed by atoms with Crippen molar-refractivity contribution in [2.45, 2.75) is 51.0 Å². The summed E-state index contributed by atoms with van der Waals surface area (Å²) in [4.78, 5) is 11.1. The normalized spacial score (nSPS) is 45.2. The topological polar surface area (TPSA) is 53.2 Å². The molecule has 4 atom stereocenters. The molecule has 74 valence electrons. The summed E-state index contributed by atoms with van der Waals surface area (Å²) in [5, 5.41) is 9.87. The average Bonchev–Trinajstić information content (AvgIpc) is 2.08. The molecular formula is C9H17N3O. The second-order valence-electron chi connectivity index (χ2n) is 4.10. The minimum atomic E-state index is 0.132. The first-order valence-electron chi connectivity index (χ1n) is 4.98. The van der Waals surface area contributed by atoms with Gasteiger partial charge in [-0.25, -0.2) is 0 Å². The zero-order valence-corrected chi connectivity index (χ0v) is 8.13. The van der Waals surface area contributed by atoms with Gasteiger partial charge in [-0.05, 0) is 20.3 Å². The van der Waals surface area contributed by atoms with Gasteiger partial charge in [-0.3, -0.25) is 10.1 Å². The van der Waals surface area contributed by atoms with Gasteiger partial charge in [0.15, 0.2) is 0 Å². The molecule has 0 radical (unpaired) electrons. The van der Waals surface area contributed by atoms with Crippen molar-refractivity contribution in [3.8, 4) is 0 Å². The van der Waals surface area contributed by atoms with Crippen LogP contribution < -0.4 is 16.0 Å². The summed E-state index contributed by atoms with van der Waals surface area (Å²) in [7, 11) is 0. The second kappa shape index (κ2) is 3.27. The smallest absolute Gasteiger partial charge is 0.221 e. The Labute approximate surface area is 78.5 Å². The lowest BCUT2D eigenvalue weighted by Crippen LogP contribution is -2.70. The van der Waals surface area contributed by atoms with E-state index in [0.717, 1.165) is 6.42 Å². The Bertz CT molecular complexity index is 219. The number of carbonyl (C=O) groups excluding carboxylic acids is 1. The predicted octanol–water partition coefficient (Wildman–Crippen LogP) is -0.439. The number of carbonyl (C=O) groups is 1. The van der Waals surface area contributed by atoms with Gasteiger partial charge in [-0.15, -0.1) is 0 Å². The third-order valence-electron chi connectivity index (χ3n) is 3.07. The van der Waals surface area contributed by atoms with E-state index in [4.69, 9.17) is 0 Å². The number of rotatable bonds is 0. The molecule has 2 saturated heterocycles. The third-order valence-corrected chi connectivity index (χ3v) is 3.07. The van der Waals surface area contributed by atoms with E-state index in [2.05, 4.69) is 29.8 Å². The van der Waals surface area contributed by atoms with Gasteiger partial charge < -0.3 is 10.6 Å². The van der Waals surface area contributed by atoms with Crippen molar-refractivity contribution in [1.29, 1.82) is 0 Å². The fourth-order valence-corrected chi connectivity index (χ4v) is 2.05. The lowest BCUT2D eigenvalue weighted by molar-refractivity contribution is -0.124. The molecule has 0 aliphatic carbocycles. The lowest BCUT2D eigenvalue weighted by Gasteiger charge is -2.43. The monoisotopic (exact) mass is 183 g/mol. The van der Waals surface area contributed by atoms with Crippen LogP contribution >= 0.6 is 0 Å². The number of nitrogens with one attached hydrogen (secondary N) is 3. The van der Waals surface area contributed by atoms with E-state index < -0.39 is 0 Å². The van der Waals surface area contributed by atoms with Crippen molar-refractivity contribution >= 4 is 5.91 Å². The number of hydrogen-bond acceptors (Lipinski definition) is 3. The van der Waals surface area contributed by atoms with Gasteiger partial charge in [0.05, 0.1) is 6.17 Å². The van der Waals surface area contributed by atoms with Gasteiger partial charge in [0.1, 0.15) is 0 Å². The molecule has 0 aromatic carbocycles. The molecule has 1 amide bonds. The van der Waals surface area contributed by atoms with E-state index in [1.54, 1.807) is 0 Å². The number of piperidine rings is 1. The summed E-state index contributed by atoms with van der Waals surface area (Å²) in [5.41, 5.74) is 0. The molecule has 4 nitrogen and oxygen atoms in total. The van der Waals surface area contributed by atoms with Crippen LogP contribution in [0.25, 0.3) is 0 Å². The van der Waals surface area contributed by atoms with Gasteiger partial charge in [0, 0.05) is 24.5 Å². The minimum Gasteiger partial charge on any atom is -0.339 e. The Morgan fingerprint density at radius 3 is 2.69 bits per heavy atom. The Morgan fingerprint density at radius 1 is 1.23 bits per heavy atom. The van der Waals surface area contributed by atoms with E-state index in [1.807, 2.05) is 0 Å². The summed E-state index contributed by atoms with van der Waals surface area (Å²) >= 11 is 0. The second-order valence-corrected chi connectivity index (χ2v) is 4.10. The molecule has 2 rings (SSSR count). The predicted molar refractivity (Wildman–Crippen MR) is 50.1 cm³/mol. The van der Waals surface area contributed by atoms with E-state index in [-0.39, 0.29) is 12.1 Å². The van der Waals surface area contributed by atoms with Crippen LogP contribution in [-0.4, -0.2) is 30.2 Å². The van der Waals surface area contributed by atoms with Crippen LogP contribution in [0.1, 0.15) is 26.7 Å². The molecule has 4 heteroatoms. The van der Waals surface area contributed by atoms with Gasteiger partial charge in [-0.2, -0.15) is 0 Å². The third kappa shape index (κ3) is 1.69. The average molecular weight is 183 g/mol. The maximum atomic E-state index is 11.1. The molecule has 2 aliphatic heterocycles. The number of amides is 1. The molecule has 13 heavy (non-hydrogen) atoms. The number of hydrogen-bond donors (Lipinski definition) is 3. The summed E-state index contributed by atoms with van der Waals surface area (Å²) in [6, 6.07) is 1.31. The summed E-state index contributed by atoms with van der Waals surface area (Å²) < 4.78 is 0. The lowest BCUT2D eigenvalue weighted by atomic mass is 9.96. The highest BCUT2D eigenvalue weighted by Crippen LogP contribution is 2.14. The van der Waals surface area contributed by atoms with E-state index in [9.17, 15) is 4.79 Å². The van der Waals surface area contributed by atoms with E-state index in [0.29, 0.717) is 24.5 Å². The summed E-state index contributed by atoms with van der Waals surface area (Å²) in [5.74, 6) is 0.164. The van der Waals surface area contributed by atoms with Crippen molar-refractivity contribution in [2.75, 3.05) is 0 Å². The molecule has 0 saturated carbocycles. The quantitative estimate of drug-likeness (QED) is 0.477. The Kier molecular flexibility index (Phi) is 2.26. The Morgan fingerprint density at radius 2 is 1.92 bits per heavy atom. The highest BCUT2D eigenvalue weighted by atomic mass is 16.1. The fraction of sp³-hybridized carbons (Fsp3) is 0.889. The fourth-order valence-electron chi connectivity index (χ4n) is 2.05. The molecule has 0 aromatic rings. The van der Waals surface area contributed by atoms with Crippen LogP contribution in [0.15, 0.2) is 0 Å². The molecule has 0 spiro atoms. The van der Waals surface area contributed by atoms with E-state index >= 15 is 0 Å². The molecular weight excluding hydrogens is 166 g/mol. The molecule has 4 unspecified atom stereocenters. The number of fused-ring (bicyclic) bond motifs is 1. The zero-order valence-electron chi connectivity index (χ0n) is 8.13. The van der Waals surface area contributed by atoms with Crippen LogP contribution in [0.2, 0.25) is 0 Å². The molecule has 0 aromatic heterocycles. The van der Waals surface area contributed by atoms with Crippen molar-refractivity contribution < 1.29 is 4.79 Å². The first-order chi connectivity index (χ1) is 6.16. The van der Waals surface area contributed by atoms with Gasteiger partial charge in [0.2, 0.25) is 5.91 Å². The van der Waals surface area contributed by atoms with Gasteiger partial charge in [-0.1, -0.05) is 0 Å². The van der Waals surface area contributed by atoms with Gasteiger partial charge >= 0.3 is 0 Å². The van der Waals surface area contributed by atoms with Crippen molar-refractivity contribution in [1.82, 2.24) is 16.0 Å². The van der Waals surface area contributed by atoms with Crippen LogP contribution in [0, 0.1) is 0 Å². The molecule has 0 bridgehead atoms. The van der Waals surface area contributed by atoms with E-state index in [1.165, 1.54) is 0 Å². The summed E-state index contributed by atoms with van der Waals surface area (Å²) in [6.45, 7) is 4.30. The van der Waals surface area contributed by atoms with Crippen molar-refractivity contribution in [3.05, 3.63) is 0 Å². The molecule has 2 heterocycles. The summed E-state index contributed by atoms with van der Waals surface area (Å²) in [6.07, 6.45) is 1.73. The largest absolute Gasteiger partial charge is 0.339 e. The Balaban J connectivity index is 2.02. The van der Waals surface area contributed by atoms with Crippen molar-refractivity contribution in [2.24, 2.45) is 0 Å². The highest BCUT2D eigenvalue weighted by molar-refractivity contribution is 5.77. The van der Waals surface area contributed by atoms with Crippen LogP contribution in [0.4, 0.5) is 0 Å².